The number of amides is 1. The first-order valence-electron chi connectivity index (χ1n) is 6.40. The third-order valence-electron chi connectivity index (χ3n) is 3.51. The highest BCUT2D eigenvalue weighted by atomic mass is 16.5. The maximum absolute atomic E-state index is 12.3. The Labute approximate surface area is 113 Å². The molecule has 1 aromatic rings. The van der Waals surface area contributed by atoms with Crippen LogP contribution in [0.1, 0.15) is 30.9 Å². The molecule has 4 heteroatoms. The van der Waals surface area contributed by atoms with E-state index < -0.39 is 5.41 Å². The van der Waals surface area contributed by atoms with Crippen LogP contribution in [0.15, 0.2) is 18.2 Å². The number of hydrogen-bond donors (Lipinski definition) is 1. The molecule has 4 nitrogen and oxygen atoms in total. The van der Waals surface area contributed by atoms with Crippen LogP contribution in [0.25, 0.3) is 0 Å². The molecule has 2 rings (SSSR count). The molecule has 100 valence electrons. The van der Waals surface area contributed by atoms with Crippen molar-refractivity contribution in [3.63, 3.8) is 0 Å². The standard InChI is InChI=1S/C15H18N2O2/c1-10(2)12-6-4-5-11(3)13(12)17-14(18)15(7-16)8-19-9-15/h4-6,10H,8-9H2,1-3H3,(H,17,18). The predicted molar refractivity (Wildman–Crippen MR) is 72.8 cm³/mol. The SMILES string of the molecule is Cc1cccc(C(C)C)c1NC(=O)C1(C#N)COC1. The number of nitriles is 1. The molecule has 1 N–H and O–H groups in total. The van der Waals surface area contributed by atoms with Gasteiger partial charge in [0, 0.05) is 5.69 Å². The maximum atomic E-state index is 12.3. The van der Waals surface area contributed by atoms with Crippen molar-refractivity contribution in [3.8, 4) is 6.07 Å². The summed E-state index contributed by atoms with van der Waals surface area (Å²) in [5, 5.41) is 12.1. The molecule has 0 radical (unpaired) electrons. The van der Waals surface area contributed by atoms with Crippen LogP contribution >= 0.6 is 0 Å². The monoisotopic (exact) mass is 258 g/mol. The molecular weight excluding hydrogens is 240 g/mol. The van der Waals surface area contributed by atoms with Crippen molar-refractivity contribution in [2.24, 2.45) is 5.41 Å². The highest BCUT2D eigenvalue weighted by Gasteiger charge is 2.46. The summed E-state index contributed by atoms with van der Waals surface area (Å²) in [7, 11) is 0. The number of hydrogen-bond acceptors (Lipinski definition) is 3. The van der Waals surface area contributed by atoms with Crippen LogP contribution in [-0.2, 0) is 9.53 Å². The number of carbonyl (C=O) groups excluding carboxylic acids is 1. The van der Waals surface area contributed by atoms with Gasteiger partial charge in [0.2, 0.25) is 5.91 Å². The molecule has 19 heavy (non-hydrogen) atoms. The molecule has 1 aliphatic rings. The summed E-state index contributed by atoms with van der Waals surface area (Å²) in [6.45, 7) is 6.47. The Bertz CT molecular complexity index is 540. The van der Waals surface area contributed by atoms with Crippen molar-refractivity contribution in [1.29, 1.82) is 5.26 Å². The summed E-state index contributed by atoms with van der Waals surface area (Å²) < 4.78 is 5.01. The van der Waals surface area contributed by atoms with Gasteiger partial charge >= 0.3 is 0 Å². The van der Waals surface area contributed by atoms with Crippen LogP contribution in [-0.4, -0.2) is 19.1 Å². The zero-order valence-electron chi connectivity index (χ0n) is 11.5. The number of nitrogens with zero attached hydrogens (tertiary/aromatic N) is 1. The molecule has 0 aliphatic carbocycles. The number of aryl methyl sites for hydroxylation is 1. The molecule has 0 spiro atoms. The third-order valence-corrected chi connectivity index (χ3v) is 3.51. The lowest BCUT2D eigenvalue weighted by Crippen LogP contribution is -2.50. The highest BCUT2D eigenvalue weighted by molar-refractivity contribution is 5.99. The van der Waals surface area contributed by atoms with E-state index in [9.17, 15) is 4.79 Å². The van der Waals surface area contributed by atoms with E-state index in [1.807, 2.05) is 25.1 Å². The highest BCUT2D eigenvalue weighted by Crippen LogP contribution is 2.32. The van der Waals surface area contributed by atoms with Crippen molar-refractivity contribution in [3.05, 3.63) is 29.3 Å². The fraction of sp³-hybridized carbons (Fsp3) is 0.467. The van der Waals surface area contributed by atoms with Gasteiger partial charge in [0.25, 0.3) is 0 Å². The van der Waals surface area contributed by atoms with Gasteiger partial charge in [-0.15, -0.1) is 0 Å². The minimum Gasteiger partial charge on any atom is -0.377 e. The zero-order chi connectivity index (χ0) is 14.0. The molecular formula is C15H18N2O2. The Morgan fingerprint density at radius 3 is 2.63 bits per heavy atom. The topological polar surface area (TPSA) is 62.1 Å². The van der Waals surface area contributed by atoms with E-state index in [0.717, 1.165) is 16.8 Å². The summed E-state index contributed by atoms with van der Waals surface area (Å²) in [5.74, 6) is 0.0447. The largest absolute Gasteiger partial charge is 0.377 e. The third kappa shape index (κ3) is 2.34. The number of ether oxygens (including phenoxy) is 1. The molecule has 0 unspecified atom stereocenters. The Balaban J connectivity index is 2.29. The van der Waals surface area contributed by atoms with Crippen LogP contribution in [0.3, 0.4) is 0 Å². The summed E-state index contributed by atoms with van der Waals surface area (Å²) in [6.07, 6.45) is 0. The van der Waals surface area contributed by atoms with Crippen molar-refractivity contribution in [2.75, 3.05) is 18.5 Å². The fourth-order valence-electron chi connectivity index (χ4n) is 2.13. The van der Waals surface area contributed by atoms with Gasteiger partial charge in [-0.3, -0.25) is 4.79 Å². The smallest absolute Gasteiger partial charge is 0.249 e. The van der Waals surface area contributed by atoms with Gasteiger partial charge in [0.1, 0.15) is 0 Å². The maximum Gasteiger partial charge on any atom is 0.249 e. The van der Waals surface area contributed by atoms with E-state index in [1.54, 1.807) is 0 Å². The van der Waals surface area contributed by atoms with Crippen molar-refractivity contribution in [2.45, 2.75) is 26.7 Å². The molecule has 1 heterocycles. The summed E-state index contributed by atoms with van der Waals surface area (Å²) in [6, 6.07) is 8.00. The second-order valence-electron chi connectivity index (χ2n) is 5.33. The Morgan fingerprint density at radius 2 is 2.16 bits per heavy atom. The Hall–Kier alpha value is -1.86. The molecule has 1 aromatic carbocycles. The summed E-state index contributed by atoms with van der Waals surface area (Å²) in [5.41, 5.74) is 1.90. The van der Waals surface area contributed by atoms with Gasteiger partial charge in [0.05, 0.1) is 19.3 Å². The van der Waals surface area contributed by atoms with E-state index in [-0.39, 0.29) is 19.1 Å². The minimum atomic E-state index is -1.02. The van der Waals surface area contributed by atoms with Gasteiger partial charge in [0.15, 0.2) is 5.41 Å². The first-order chi connectivity index (χ1) is 9.00. The van der Waals surface area contributed by atoms with Crippen molar-refractivity contribution >= 4 is 11.6 Å². The van der Waals surface area contributed by atoms with Gasteiger partial charge in [-0.25, -0.2) is 0 Å². The van der Waals surface area contributed by atoms with Gasteiger partial charge in [-0.2, -0.15) is 5.26 Å². The molecule has 0 atom stereocenters. The van der Waals surface area contributed by atoms with E-state index >= 15 is 0 Å². The molecule has 1 aliphatic heterocycles. The first-order valence-corrected chi connectivity index (χ1v) is 6.40. The van der Waals surface area contributed by atoms with Crippen LogP contribution < -0.4 is 5.32 Å². The molecule has 0 saturated carbocycles. The molecule has 1 saturated heterocycles. The van der Waals surface area contributed by atoms with Crippen molar-refractivity contribution in [1.82, 2.24) is 0 Å². The lowest BCUT2D eigenvalue weighted by Gasteiger charge is -2.33. The van der Waals surface area contributed by atoms with E-state index in [4.69, 9.17) is 10.00 Å². The second kappa shape index (κ2) is 5.02. The molecule has 1 amide bonds. The van der Waals surface area contributed by atoms with Gasteiger partial charge in [-0.05, 0) is 24.0 Å². The van der Waals surface area contributed by atoms with Crippen molar-refractivity contribution < 1.29 is 9.53 Å². The average Bonchev–Trinajstić information content (AvgIpc) is 2.30. The van der Waals surface area contributed by atoms with Crippen LogP contribution in [0.5, 0.6) is 0 Å². The summed E-state index contributed by atoms with van der Waals surface area (Å²) >= 11 is 0. The van der Waals surface area contributed by atoms with E-state index in [0.29, 0.717) is 5.92 Å². The fourth-order valence-corrected chi connectivity index (χ4v) is 2.13. The normalized spacial score (nSPS) is 16.6. The lowest BCUT2D eigenvalue weighted by atomic mass is 9.86. The number of rotatable bonds is 3. The first kappa shape index (κ1) is 13.6. The van der Waals surface area contributed by atoms with Crippen LogP contribution in [0.4, 0.5) is 5.69 Å². The van der Waals surface area contributed by atoms with Crippen LogP contribution in [0, 0.1) is 23.7 Å². The minimum absolute atomic E-state index is 0.179. The number of nitrogens with one attached hydrogen (secondary N) is 1. The molecule has 1 fully saturated rings. The number of carbonyl (C=O) groups is 1. The van der Waals surface area contributed by atoms with Gasteiger partial charge < -0.3 is 10.1 Å². The zero-order valence-corrected chi connectivity index (χ0v) is 11.5. The quantitative estimate of drug-likeness (QED) is 0.906. The Kier molecular flexibility index (Phi) is 3.59. The van der Waals surface area contributed by atoms with E-state index in [1.165, 1.54) is 0 Å². The Morgan fingerprint density at radius 1 is 1.47 bits per heavy atom. The second-order valence-corrected chi connectivity index (χ2v) is 5.33. The van der Waals surface area contributed by atoms with E-state index in [2.05, 4.69) is 25.2 Å². The van der Waals surface area contributed by atoms with Gasteiger partial charge in [-0.1, -0.05) is 32.0 Å². The number of para-hydroxylation sites is 1. The number of anilines is 1. The predicted octanol–water partition coefficient (Wildman–Crippen LogP) is 2.60. The molecule has 0 aromatic heterocycles. The molecule has 0 bridgehead atoms. The number of benzene rings is 1. The average molecular weight is 258 g/mol. The summed E-state index contributed by atoms with van der Waals surface area (Å²) in [4.78, 5) is 12.3. The van der Waals surface area contributed by atoms with Crippen LogP contribution in [0.2, 0.25) is 0 Å². The lowest BCUT2D eigenvalue weighted by molar-refractivity contribution is -0.144.